The number of aromatic nitrogens is 4. The molecule has 1 aliphatic carbocycles. The lowest BCUT2D eigenvalue weighted by atomic mass is 10.2. The zero-order valence-electron chi connectivity index (χ0n) is 9.65. The molecular formula is C11H9BrN4O2S. The molecule has 1 aromatic carbocycles. The summed E-state index contributed by atoms with van der Waals surface area (Å²) in [6, 6.07) is 5.50. The number of carboxylic acid groups (broad SMARTS) is 1. The van der Waals surface area contributed by atoms with Crippen molar-refractivity contribution in [3.63, 3.8) is 0 Å². The van der Waals surface area contributed by atoms with Crippen molar-refractivity contribution < 1.29 is 9.90 Å². The molecule has 1 fully saturated rings. The molecule has 3 rings (SSSR count). The Hall–Kier alpha value is -1.41. The molecule has 8 heteroatoms. The molecule has 1 aromatic heterocycles. The molecule has 2 aromatic rings. The van der Waals surface area contributed by atoms with Gasteiger partial charge in [0.15, 0.2) is 0 Å². The highest BCUT2D eigenvalue weighted by Gasteiger charge is 2.28. The summed E-state index contributed by atoms with van der Waals surface area (Å²) in [6.07, 6.45) is 2.15. The highest BCUT2D eigenvalue weighted by molar-refractivity contribution is 9.10. The normalized spacial score (nSPS) is 14.6. The van der Waals surface area contributed by atoms with Crippen LogP contribution in [0.5, 0.6) is 0 Å². The molecule has 0 radical (unpaired) electrons. The van der Waals surface area contributed by atoms with Crippen molar-refractivity contribution in [2.24, 2.45) is 0 Å². The Morgan fingerprint density at radius 1 is 1.47 bits per heavy atom. The van der Waals surface area contributed by atoms with Gasteiger partial charge in [-0.05, 0) is 53.2 Å². The summed E-state index contributed by atoms with van der Waals surface area (Å²) in [7, 11) is 0. The number of hydrogen-bond acceptors (Lipinski definition) is 5. The predicted molar refractivity (Wildman–Crippen MR) is 71.3 cm³/mol. The third-order valence-corrected chi connectivity index (χ3v) is 4.25. The monoisotopic (exact) mass is 340 g/mol. The fourth-order valence-corrected chi connectivity index (χ4v) is 2.96. The standard InChI is InChI=1S/C11H9BrN4O2S/c12-6-1-4-9(8(5-6)10(17)18)19-11-13-14-15-16(11)7-2-3-7/h1,4-5,7H,2-3H2,(H,17,18). The molecule has 19 heavy (non-hydrogen) atoms. The number of hydrogen-bond donors (Lipinski definition) is 1. The molecule has 1 aliphatic rings. The average molecular weight is 341 g/mol. The molecule has 0 spiro atoms. The maximum Gasteiger partial charge on any atom is 0.336 e. The molecule has 0 amide bonds. The van der Waals surface area contributed by atoms with E-state index in [0.29, 0.717) is 16.1 Å². The highest BCUT2D eigenvalue weighted by Crippen LogP contribution is 2.38. The van der Waals surface area contributed by atoms with Gasteiger partial charge in [-0.25, -0.2) is 9.48 Å². The molecule has 0 bridgehead atoms. The molecule has 0 aliphatic heterocycles. The zero-order chi connectivity index (χ0) is 13.4. The Kier molecular flexibility index (Phi) is 3.28. The molecule has 6 nitrogen and oxygen atoms in total. The van der Waals surface area contributed by atoms with Crippen LogP contribution in [0.4, 0.5) is 0 Å². The Labute approximate surface area is 121 Å². The second kappa shape index (κ2) is 4.93. The Balaban J connectivity index is 1.94. The maximum atomic E-state index is 11.2. The molecule has 0 saturated heterocycles. The van der Waals surface area contributed by atoms with Crippen LogP contribution in [0.3, 0.4) is 0 Å². The Morgan fingerprint density at radius 3 is 2.95 bits per heavy atom. The highest BCUT2D eigenvalue weighted by atomic mass is 79.9. The number of aromatic carboxylic acids is 1. The van der Waals surface area contributed by atoms with E-state index in [1.165, 1.54) is 11.8 Å². The number of halogens is 1. The lowest BCUT2D eigenvalue weighted by Crippen LogP contribution is -2.01. The van der Waals surface area contributed by atoms with Gasteiger partial charge >= 0.3 is 5.97 Å². The van der Waals surface area contributed by atoms with Crippen LogP contribution < -0.4 is 0 Å². The first kappa shape index (κ1) is 12.6. The fourth-order valence-electron chi connectivity index (χ4n) is 1.66. The van der Waals surface area contributed by atoms with Crippen LogP contribution in [0.25, 0.3) is 0 Å². The van der Waals surface area contributed by atoms with Crippen LogP contribution in [0.15, 0.2) is 32.7 Å². The van der Waals surface area contributed by atoms with Gasteiger partial charge in [0.1, 0.15) is 0 Å². The van der Waals surface area contributed by atoms with E-state index in [0.717, 1.165) is 17.3 Å². The van der Waals surface area contributed by atoms with E-state index in [-0.39, 0.29) is 5.56 Å². The molecule has 0 unspecified atom stereocenters. The molecule has 0 atom stereocenters. The van der Waals surface area contributed by atoms with Gasteiger partial charge in [-0.3, -0.25) is 0 Å². The van der Waals surface area contributed by atoms with Crippen LogP contribution in [0.2, 0.25) is 0 Å². The van der Waals surface area contributed by atoms with Crippen molar-refractivity contribution in [2.75, 3.05) is 0 Å². The summed E-state index contributed by atoms with van der Waals surface area (Å²) in [5.41, 5.74) is 0.240. The minimum Gasteiger partial charge on any atom is -0.478 e. The van der Waals surface area contributed by atoms with Gasteiger partial charge < -0.3 is 5.11 Å². The van der Waals surface area contributed by atoms with Crippen molar-refractivity contribution in [1.82, 2.24) is 20.2 Å². The largest absolute Gasteiger partial charge is 0.478 e. The fraction of sp³-hybridized carbons (Fsp3) is 0.273. The van der Waals surface area contributed by atoms with Gasteiger partial charge in [0.05, 0.1) is 11.6 Å². The Bertz CT molecular complexity index is 641. The van der Waals surface area contributed by atoms with Crippen molar-refractivity contribution in [1.29, 1.82) is 0 Å². The number of nitrogens with zero attached hydrogens (tertiary/aromatic N) is 4. The third-order valence-electron chi connectivity index (χ3n) is 2.73. The summed E-state index contributed by atoms with van der Waals surface area (Å²) in [4.78, 5) is 11.9. The number of benzene rings is 1. The second-order valence-electron chi connectivity index (χ2n) is 4.18. The van der Waals surface area contributed by atoms with Gasteiger partial charge in [0.25, 0.3) is 0 Å². The van der Waals surface area contributed by atoms with E-state index in [2.05, 4.69) is 31.5 Å². The van der Waals surface area contributed by atoms with Gasteiger partial charge in [-0.2, -0.15) is 0 Å². The summed E-state index contributed by atoms with van der Waals surface area (Å²) < 4.78 is 2.49. The number of rotatable bonds is 4. The topological polar surface area (TPSA) is 80.9 Å². The zero-order valence-corrected chi connectivity index (χ0v) is 12.1. The third kappa shape index (κ3) is 2.64. The van der Waals surface area contributed by atoms with E-state index < -0.39 is 5.97 Å². The van der Waals surface area contributed by atoms with Crippen molar-refractivity contribution in [3.05, 3.63) is 28.2 Å². The van der Waals surface area contributed by atoms with Crippen molar-refractivity contribution >= 4 is 33.7 Å². The lowest BCUT2D eigenvalue weighted by Gasteiger charge is -2.06. The van der Waals surface area contributed by atoms with Crippen molar-refractivity contribution in [2.45, 2.75) is 28.9 Å². The van der Waals surface area contributed by atoms with Gasteiger partial charge in [-0.15, -0.1) is 5.10 Å². The first-order valence-corrected chi connectivity index (χ1v) is 7.24. The lowest BCUT2D eigenvalue weighted by molar-refractivity contribution is 0.0693. The first-order chi connectivity index (χ1) is 9.15. The molecule has 98 valence electrons. The summed E-state index contributed by atoms with van der Waals surface area (Å²) in [6.45, 7) is 0. The summed E-state index contributed by atoms with van der Waals surface area (Å²) in [5, 5.41) is 21.4. The SMILES string of the molecule is O=C(O)c1cc(Br)ccc1Sc1nnnn1C1CC1. The average Bonchev–Trinajstić information content (AvgIpc) is 3.12. The quantitative estimate of drug-likeness (QED) is 0.921. The smallest absolute Gasteiger partial charge is 0.336 e. The predicted octanol–water partition coefficient (Wildman–Crippen LogP) is 2.62. The van der Waals surface area contributed by atoms with Gasteiger partial charge in [-0.1, -0.05) is 15.9 Å². The molecule has 1 heterocycles. The number of carboxylic acids is 1. The number of tetrazole rings is 1. The van der Waals surface area contributed by atoms with E-state index >= 15 is 0 Å². The van der Waals surface area contributed by atoms with Crippen LogP contribution >= 0.6 is 27.7 Å². The van der Waals surface area contributed by atoms with Crippen LogP contribution in [-0.2, 0) is 0 Å². The van der Waals surface area contributed by atoms with Crippen LogP contribution in [-0.4, -0.2) is 31.3 Å². The maximum absolute atomic E-state index is 11.2. The minimum absolute atomic E-state index is 0.240. The van der Waals surface area contributed by atoms with Gasteiger partial charge in [0, 0.05) is 9.37 Å². The van der Waals surface area contributed by atoms with E-state index in [1.54, 1.807) is 22.9 Å². The summed E-state index contributed by atoms with van der Waals surface area (Å²) in [5.74, 6) is -0.964. The van der Waals surface area contributed by atoms with E-state index in [9.17, 15) is 9.90 Å². The number of carbonyl (C=O) groups is 1. The second-order valence-corrected chi connectivity index (χ2v) is 6.11. The van der Waals surface area contributed by atoms with Gasteiger partial charge in [0.2, 0.25) is 5.16 Å². The molecular weight excluding hydrogens is 332 g/mol. The molecule has 1 N–H and O–H groups in total. The Morgan fingerprint density at radius 2 is 2.26 bits per heavy atom. The van der Waals surface area contributed by atoms with Crippen LogP contribution in [0, 0.1) is 0 Å². The summed E-state index contributed by atoms with van der Waals surface area (Å²) >= 11 is 4.55. The van der Waals surface area contributed by atoms with Crippen LogP contribution in [0.1, 0.15) is 29.2 Å². The van der Waals surface area contributed by atoms with Crippen molar-refractivity contribution in [3.8, 4) is 0 Å². The first-order valence-electron chi connectivity index (χ1n) is 5.63. The molecule has 1 saturated carbocycles. The minimum atomic E-state index is -0.964. The van der Waals surface area contributed by atoms with E-state index in [4.69, 9.17) is 0 Å². The van der Waals surface area contributed by atoms with E-state index in [1.807, 2.05) is 0 Å².